The molecule has 3 aromatic rings. The number of carbonyl (C=O) groups excluding carboxylic acids is 1. The van der Waals surface area contributed by atoms with E-state index in [9.17, 15) is 14.9 Å². The normalized spacial score (nSPS) is 11.1. The number of fused-ring (bicyclic) bond motifs is 1. The Balaban J connectivity index is 0.00000363. The zero-order chi connectivity index (χ0) is 22.4. The van der Waals surface area contributed by atoms with Crippen molar-refractivity contribution >= 4 is 67.4 Å². The number of benzene rings is 1. The van der Waals surface area contributed by atoms with Gasteiger partial charge in [0.05, 0.1) is 16.2 Å². The molecule has 2 heterocycles. The summed E-state index contributed by atoms with van der Waals surface area (Å²) in [5.41, 5.74) is 0.743. The van der Waals surface area contributed by atoms with Gasteiger partial charge in [0.1, 0.15) is 11.3 Å². The molecule has 11 heteroatoms. The lowest BCUT2D eigenvalue weighted by Crippen LogP contribution is -2.32. The Morgan fingerprint density at radius 1 is 1.22 bits per heavy atom. The maximum atomic E-state index is 13.1. The fourth-order valence-electron chi connectivity index (χ4n) is 2.92. The SMILES string of the molecule is CCOc1cccc2sc(N(CCCN(C)C)C(=O)C=Cc3ccc([N+](=O)[O-])s3)nc12.Cl. The van der Waals surface area contributed by atoms with Crippen molar-refractivity contribution in [3.8, 4) is 5.75 Å². The first kappa shape index (κ1) is 25.7. The first-order valence-corrected chi connectivity index (χ1v) is 11.4. The average Bonchev–Trinajstić information content (AvgIpc) is 3.37. The number of hydrogen-bond acceptors (Lipinski definition) is 8. The lowest BCUT2D eigenvalue weighted by molar-refractivity contribution is -0.380. The summed E-state index contributed by atoms with van der Waals surface area (Å²) in [4.78, 5) is 32.6. The van der Waals surface area contributed by atoms with E-state index in [1.807, 2.05) is 39.2 Å². The molecule has 0 saturated carbocycles. The predicted molar refractivity (Wildman–Crippen MR) is 134 cm³/mol. The fourth-order valence-corrected chi connectivity index (χ4v) is 4.66. The molecule has 3 rings (SSSR count). The molecule has 32 heavy (non-hydrogen) atoms. The molecular weight excluding hydrogens is 472 g/mol. The van der Waals surface area contributed by atoms with Gasteiger partial charge in [-0.1, -0.05) is 28.7 Å². The van der Waals surface area contributed by atoms with Crippen LogP contribution in [-0.4, -0.2) is 54.5 Å². The molecule has 8 nitrogen and oxygen atoms in total. The summed E-state index contributed by atoms with van der Waals surface area (Å²) >= 11 is 2.47. The third-order valence-electron chi connectivity index (χ3n) is 4.34. The van der Waals surface area contributed by atoms with Gasteiger partial charge in [-0.05, 0) is 58.3 Å². The molecule has 1 aromatic carbocycles. The number of anilines is 1. The molecule has 172 valence electrons. The fraction of sp³-hybridized carbons (Fsp3) is 0.333. The van der Waals surface area contributed by atoms with E-state index in [1.54, 1.807) is 17.0 Å². The second-order valence-corrected chi connectivity index (χ2v) is 9.05. The molecule has 0 bridgehead atoms. The van der Waals surface area contributed by atoms with Gasteiger partial charge in [-0.3, -0.25) is 19.8 Å². The summed E-state index contributed by atoms with van der Waals surface area (Å²) in [6.45, 7) is 3.80. The zero-order valence-electron chi connectivity index (χ0n) is 18.0. The number of ether oxygens (including phenoxy) is 1. The van der Waals surface area contributed by atoms with Gasteiger partial charge >= 0.3 is 5.00 Å². The summed E-state index contributed by atoms with van der Waals surface area (Å²) in [6.07, 6.45) is 3.84. The van der Waals surface area contributed by atoms with Crippen LogP contribution < -0.4 is 9.64 Å². The minimum absolute atomic E-state index is 0. The third-order valence-corrected chi connectivity index (χ3v) is 6.38. The second-order valence-electron chi connectivity index (χ2n) is 6.95. The lowest BCUT2D eigenvalue weighted by Gasteiger charge is -2.19. The average molecular weight is 497 g/mol. The molecular formula is C21H25ClN4O4S2. The first-order valence-electron chi connectivity index (χ1n) is 9.80. The van der Waals surface area contributed by atoms with Crippen LogP contribution in [0.4, 0.5) is 10.1 Å². The molecule has 0 radical (unpaired) electrons. The van der Waals surface area contributed by atoms with Crippen LogP contribution in [0.15, 0.2) is 36.4 Å². The van der Waals surface area contributed by atoms with Crippen molar-refractivity contribution in [3.63, 3.8) is 0 Å². The predicted octanol–water partition coefficient (Wildman–Crippen LogP) is 5.08. The zero-order valence-corrected chi connectivity index (χ0v) is 20.5. The highest BCUT2D eigenvalue weighted by atomic mass is 35.5. The summed E-state index contributed by atoms with van der Waals surface area (Å²) in [6, 6.07) is 8.82. The quantitative estimate of drug-likeness (QED) is 0.221. The maximum absolute atomic E-state index is 13.1. The van der Waals surface area contributed by atoms with Crippen molar-refractivity contribution in [1.82, 2.24) is 9.88 Å². The van der Waals surface area contributed by atoms with Gasteiger partial charge in [0.15, 0.2) is 5.13 Å². The van der Waals surface area contributed by atoms with Crippen LogP contribution in [0.5, 0.6) is 5.75 Å². The molecule has 0 N–H and O–H groups in total. The van der Waals surface area contributed by atoms with Gasteiger partial charge in [0.25, 0.3) is 5.91 Å². The highest BCUT2D eigenvalue weighted by molar-refractivity contribution is 7.22. The van der Waals surface area contributed by atoms with Crippen molar-refractivity contribution < 1.29 is 14.5 Å². The number of rotatable bonds is 10. The van der Waals surface area contributed by atoms with E-state index in [4.69, 9.17) is 9.72 Å². The number of para-hydroxylation sites is 1. The molecule has 1 amide bonds. The van der Waals surface area contributed by atoms with E-state index in [2.05, 4.69) is 4.90 Å². The number of nitro groups is 1. The summed E-state index contributed by atoms with van der Waals surface area (Å²) in [5.74, 6) is 0.483. The van der Waals surface area contributed by atoms with Gasteiger partial charge < -0.3 is 9.64 Å². The molecule has 0 saturated heterocycles. The Hall–Kier alpha value is -2.53. The van der Waals surface area contributed by atoms with Crippen LogP contribution in [0.25, 0.3) is 16.3 Å². The number of thiophene rings is 1. The Kier molecular flexibility index (Phi) is 9.58. The number of aromatic nitrogens is 1. The van der Waals surface area contributed by atoms with Crippen LogP contribution in [0.1, 0.15) is 18.2 Å². The Bertz CT molecular complexity index is 1100. The highest BCUT2D eigenvalue weighted by Gasteiger charge is 2.19. The van der Waals surface area contributed by atoms with Crippen molar-refractivity contribution in [2.24, 2.45) is 0 Å². The largest absolute Gasteiger partial charge is 0.492 e. The van der Waals surface area contributed by atoms with Crippen LogP contribution in [0, 0.1) is 10.1 Å². The van der Waals surface area contributed by atoms with Crippen molar-refractivity contribution in [1.29, 1.82) is 0 Å². The molecule has 0 fully saturated rings. The summed E-state index contributed by atoms with van der Waals surface area (Å²) in [7, 11) is 3.98. The second kappa shape index (κ2) is 11.9. The van der Waals surface area contributed by atoms with Crippen LogP contribution in [-0.2, 0) is 4.79 Å². The van der Waals surface area contributed by atoms with E-state index in [1.165, 1.54) is 23.5 Å². The smallest absolute Gasteiger partial charge is 0.324 e. The van der Waals surface area contributed by atoms with Gasteiger partial charge in [0, 0.05) is 23.6 Å². The topological polar surface area (TPSA) is 88.8 Å². The van der Waals surface area contributed by atoms with Crippen molar-refractivity contribution in [2.45, 2.75) is 13.3 Å². The summed E-state index contributed by atoms with van der Waals surface area (Å²) < 4.78 is 6.63. The van der Waals surface area contributed by atoms with Gasteiger partial charge in [0.2, 0.25) is 0 Å². The molecule has 0 aliphatic heterocycles. The molecule has 0 spiro atoms. The lowest BCUT2D eigenvalue weighted by atomic mass is 10.3. The van der Waals surface area contributed by atoms with Crippen molar-refractivity contribution in [2.75, 3.05) is 38.7 Å². The van der Waals surface area contributed by atoms with Crippen LogP contribution in [0.2, 0.25) is 0 Å². The standard InChI is InChI=1S/C21H24N4O4S2.ClH/c1-4-29-16-7-5-8-17-20(16)22-21(31-17)24(14-6-13-23(2)3)18(26)11-9-15-10-12-19(30-15)25(27)28;/h5,7-12H,4,6,13-14H2,1-3H3;1H. The third kappa shape index (κ3) is 6.49. The Morgan fingerprint density at radius 2 is 2.00 bits per heavy atom. The number of hydrogen-bond donors (Lipinski definition) is 0. The van der Waals surface area contributed by atoms with Crippen molar-refractivity contribution in [3.05, 3.63) is 51.4 Å². The van der Waals surface area contributed by atoms with E-state index in [0.29, 0.717) is 28.9 Å². The van der Waals surface area contributed by atoms with Crippen LogP contribution in [0.3, 0.4) is 0 Å². The number of thiazole rings is 1. The molecule has 0 unspecified atom stereocenters. The van der Waals surface area contributed by atoms with E-state index >= 15 is 0 Å². The van der Waals surface area contributed by atoms with Gasteiger partial charge in [-0.2, -0.15) is 0 Å². The van der Waals surface area contributed by atoms with Gasteiger partial charge in [-0.25, -0.2) is 4.98 Å². The first-order chi connectivity index (χ1) is 14.9. The number of halogens is 1. The Labute approximate surface area is 200 Å². The number of carbonyl (C=O) groups is 1. The van der Waals surface area contributed by atoms with Crippen LogP contribution >= 0.6 is 35.1 Å². The summed E-state index contributed by atoms with van der Waals surface area (Å²) in [5, 5.41) is 11.5. The van der Waals surface area contributed by atoms with E-state index in [0.717, 1.165) is 34.5 Å². The minimum atomic E-state index is -0.436. The number of nitrogens with zero attached hydrogens (tertiary/aromatic N) is 4. The van der Waals surface area contributed by atoms with Gasteiger partial charge in [-0.15, -0.1) is 12.4 Å². The minimum Gasteiger partial charge on any atom is -0.492 e. The Morgan fingerprint density at radius 3 is 2.66 bits per heavy atom. The highest BCUT2D eigenvalue weighted by Crippen LogP contribution is 2.34. The number of amides is 1. The molecule has 2 aromatic heterocycles. The molecule has 0 aliphatic carbocycles. The van der Waals surface area contributed by atoms with E-state index in [-0.39, 0.29) is 23.3 Å². The monoisotopic (exact) mass is 496 g/mol. The van der Waals surface area contributed by atoms with E-state index < -0.39 is 4.92 Å². The molecule has 0 aliphatic rings. The maximum Gasteiger partial charge on any atom is 0.324 e. The molecule has 0 atom stereocenters.